The molecule has 0 aromatic heterocycles. The van der Waals surface area contributed by atoms with Crippen LogP contribution in [-0.2, 0) is 29.7 Å². The minimum atomic E-state index is -7.21. The highest BCUT2D eigenvalue weighted by atomic mass is 32.2. The minimum Gasteiger partial charge on any atom is -0.495 e. The molecule has 1 N–H and O–H groups in total. The number of morpholine rings is 1. The zero-order valence-corrected chi connectivity index (χ0v) is 22.4. The smallest absolute Gasteiger partial charge is 0.274 e. The van der Waals surface area contributed by atoms with Crippen molar-refractivity contribution in [1.82, 2.24) is 10.2 Å². The minimum absolute atomic E-state index is 0.121. The zero-order chi connectivity index (χ0) is 70.8. The molecular weight excluding hydrogens is 598 g/mol. The molecule has 1 aliphatic carbocycles. The summed E-state index contributed by atoms with van der Waals surface area (Å²) < 4.78 is 418. The molecule has 5 rings (SSSR count). The molecule has 246 valence electrons. The van der Waals surface area contributed by atoms with Crippen LogP contribution in [0.1, 0.15) is 128 Å². The van der Waals surface area contributed by atoms with Crippen LogP contribution in [0.25, 0.3) is 0 Å². The monoisotopic (exact) mass is 688 g/mol. The molecule has 0 bridgehead atoms. The maximum Gasteiger partial charge on any atom is 0.274 e. The molecule has 2 aromatic carbocycles. The molecule has 1 spiro atoms. The lowest BCUT2D eigenvalue weighted by atomic mass is 9.69. The zero-order valence-electron chi connectivity index (χ0n) is 65.6. The number of rotatable bonds is 10. The van der Waals surface area contributed by atoms with E-state index in [0.29, 0.717) is 0 Å². The van der Waals surface area contributed by atoms with Crippen molar-refractivity contribution in [2.45, 2.75) is 74.8 Å². The number of hydrogen-bond acceptors (Lipinski definition) is 9. The summed E-state index contributed by atoms with van der Waals surface area (Å²) in [5, 5.41) is -1.36. The highest BCUT2D eigenvalue weighted by Gasteiger charge is 2.56. The molecule has 1 saturated carbocycles. The summed E-state index contributed by atoms with van der Waals surface area (Å²) in [6.07, 6.45) is -27.1. The molecule has 2 fully saturated rings. The van der Waals surface area contributed by atoms with Gasteiger partial charge in [-0.25, -0.2) is 12.7 Å². The average molecular weight is 688 g/mol. The van der Waals surface area contributed by atoms with Crippen LogP contribution in [-0.4, -0.2) is 89.5 Å². The Hall–Kier alpha value is -3.19. The number of nitrogens with zero attached hydrogens (tertiary/aromatic N) is 2. The van der Waals surface area contributed by atoms with Gasteiger partial charge in [-0.2, -0.15) is 0 Å². The number of carbonyl (C=O) groups is 2. The first-order valence-electron chi connectivity index (χ1n) is 33.4. The Morgan fingerprint density at radius 3 is 2.76 bits per heavy atom. The van der Waals surface area contributed by atoms with Gasteiger partial charge in [-0.15, -0.1) is 0 Å². The summed E-state index contributed by atoms with van der Waals surface area (Å²) in [5.74, 6) is -10.3. The Bertz CT molecular complexity index is 3270. The fourth-order valence-electron chi connectivity index (χ4n) is 3.61. The molecule has 3 aliphatic rings. The van der Waals surface area contributed by atoms with Gasteiger partial charge >= 0.3 is 0 Å². The molecule has 0 unspecified atom stereocenters. The number of fused-ring (bicyclic) bond motifs is 2. The third-order valence-electron chi connectivity index (χ3n) is 5.35. The van der Waals surface area contributed by atoms with E-state index >= 15 is 13.2 Å². The summed E-state index contributed by atoms with van der Waals surface area (Å²) in [5.41, 5.74) is -16.7. The van der Waals surface area contributed by atoms with Gasteiger partial charge < -0.3 is 24.3 Å². The molecule has 11 nitrogen and oxygen atoms in total. The van der Waals surface area contributed by atoms with Gasteiger partial charge in [0.05, 0.1) is 73.8 Å². The Morgan fingerprint density at radius 1 is 1.27 bits per heavy atom. The van der Waals surface area contributed by atoms with Crippen LogP contribution < -0.4 is 19.1 Å². The van der Waals surface area contributed by atoms with E-state index in [1.54, 1.807) is 0 Å². The number of ether oxygens (including phenoxy) is 4. The van der Waals surface area contributed by atoms with Crippen molar-refractivity contribution < 1.29 is 97.3 Å². The number of methoxy groups -OCH3 is 1. The van der Waals surface area contributed by atoms with Gasteiger partial charge in [0.1, 0.15) is 16.4 Å². The second-order valence-electron chi connectivity index (χ2n) is 8.18. The van der Waals surface area contributed by atoms with E-state index in [1.165, 1.54) is 0 Å². The number of hydrogen-bond donors (Lipinski definition) is 1. The van der Waals surface area contributed by atoms with Crippen molar-refractivity contribution >= 4 is 27.5 Å². The predicted molar refractivity (Wildman–Crippen MR) is 170 cm³/mol. The topological polar surface area (TPSA) is 124 Å². The highest BCUT2D eigenvalue weighted by molar-refractivity contribution is 7.93. The molecule has 45 heavy (non-hydrogen) atoms. The van der Waals surface area contributed by atoms with Crippen LogP contribution in [0.3, 0.4) is 0 Å². The molecular formula is C33H45N3O8S. The summed E-state index contributed by atoms with van der Waals surface area (Å²) in [6, 6.07) is -11.2. The maximum atomic E-state index is 15.9. The SMILES string of the molecule is [2H]c1cc(OC([2H])([2H])C([2H])([2H])[2H])c([2H])c2c1N(S(=O)(=O)c1c([2H])c([2H])c(C(=O)N([2H])C(C([2H])([2H])[2H])(C([2H])([2H])[2H])C([2H])([2H])[2H])c([2H])c1OC([2H])([2H])[2H])C(=O)C21C([2H])([2H])C([2H])([2H])C([2H])(OC([2H])([2H])C([2H])([2H])N2C([2H])([2H])C([2H])([2H])OC([2H])([2H])C2([2H])[2H])C([2H])([2H])C1([2H])[2H]. The van der Waals surface area contributed by atoms with E-state index in [0.717, 1.165) is 0 Å². The van der Waals surface area contributed by atoms with E-state index in [1.807, 2.05) is 0 Å². The van der Waals surface area contributed by atoms with Crippen molar-refractivity contribution in [1.29, 1.82) is 0 Å². The van der Waals surface area contributed by atoms with Crippen LogP contribution in [0.4, 0.5) is 5.69 Å². The average Bonchev–Trinajstić information content (AvgIpc) is 1.60. The largest absolute Gasteiger partial charge is 0.495 e. The Morgan fingerprint density at radius 2 is 2.04 bits per heavy atom. The summed E-state index contributed by atoms with van der Waals surface area (Å²) in [6.45, 7) is -49.7. The van der Waals surface area contributed by atoms with Gasteiger partial charge in [0.25, 0.3) is 21.8 Å². The number of amides is 2. The van der Waals surface area contributed by atoms with E-state index < -0.39 is 222 Å². The first-order chi connectivity index (χ1) is 38.6. The number of carbonyl (C=O) groups excluding carboxylic acids is 2. The van der Waals surface area contributed by atoms with Gasteiger partial charge in [-0.1, -0.05) is 0 Å². The number of nitrogens with one attached hydrogen (secondary N) is 1. The van der Waals surface area contributed by atoms with Gasteiger partial charge in [-0.3, -0.25) is 14.5 Å². The van der Waals surface area contributed by atoms with Crippen molar-refractivity contribution in [3.8, 4) is 11.5 Å². The Kier molecular flexibility index (Phi) is 2.55. The number of benzene rings is 2. The van der Waals surface area contributed by atoms with Crippen LogP contribution in [0.2, 0.25) is 1.41 Å². The highest BCUT2D eigenvalue weighted by Crippen LogP contribution is 2.53. The Balaban J connectivity index is 2.01. The predicted octanol–water partition coefficient (Wildman–Crippen LogP) is 3.89. The lowest BCUT2D eigenvalue weighted by Crippen LogP contribution is -2.46. The second kappa shape index (κ2) is 13.3. The van der Waals surface area contributed by atoms with Crippen molar-refractivity contribution in [2.75, 3.05) is 57.1 Å². The molecule has 2 amide bonds. The van der Waals surface area contributed by atoms with E-state index in [4.69, 9.17) is 56.1 Å². The lowest BCUT2D eigenvalue weighted by Gasteiger charge is -2.36. The number of sulfonamides is 1. The maximum absolute atomic E-state index is 15.9. The fraction of sp³-hybridized carbons (Fsp3) is 0.576. The van der Waals surface area contributed by atoms with E-state index in [-0.39, 0.29) is 6.07 Å². The van der Waals surface area contributed by atoms with Crippen molar-refractivity contribution in [3.63, 3.8) is 0 Å². The Labute approximate surface area is 328 Å². The lowest BCUT2D eigenvalue weighted by molar-refractivity contribution is -0.124. The molecule has 2 aliphatic heterocycles. The third-order valence-corrected chi connectivity index (χ3v) is 6.99. The molecule has 1 saturated heterocycles. The molecule has 0 atom stereocenters. The van der Waals surface area contributed by atoms with E-state index in [2.05, 4.69) is 9.47 Å². The standard InChI is InChI=1S/C33H45N3O8S/c1-6-43-25-8-9-27-26(22-25)33(13-11-24(12-14-33)44-20-17-35-15-18-42-19-16-35)31(38)36(27)45(39,40)29-10-7-23(21-28(29)41-5)30(37)34-32(2,3)4/h7-10,21-22,24H,6,11-20H2,1-5H3,(H,34,37)/i1D3,2D3,3D3,4D3,5D3,6D2,7D,9D,10D,11D2,12D2,13D2,14D2,15D2,16D2,17D2,18D2,19D2,20D2,21D,22D,24D/hD. The molecule has 0 radical (unpaired) electrons. The second-order valence-corrected chi connectivity index (χ2v) is 9.90. The summed E-state index contributed by atoms with van der Waals surface area (Å²) in [7, 11) is -11.5. The number of anilines is 1. The van der Waals surface area contributed by atoms with Crippen LogP contribution in [0, 0.1) is 0 Å². The van der Waals surface area contributed by atoms with Gasteiger partial charge in [0, 0.05) is 66.2 Å². The van der Waals surface area contributed by atoms with Gasteiger partial charge in [0.15, 0.2) is 1.41 Å². The third kappa shape index (κ3) is 6.84. The van der Waals surface area contributed by atoms with Crippen LogP contribution >= 0.6 is 0 Å². The van der Waals surface area contributed by atoms with Gasteiger partial charge in [-0.05, 0) is 94.7 Å². The van der Waals surface area contributed by atoms with Crippen molar-refractivity contribution in [2.24, 2.45) is 0 Å². The van der Waals surface area contributed by atoms with Crippen molar-refractivity contribution in [3.05, 3.63) is 47.4 Å². The first kappa shape index (κ1) is 8.63. The summed E-state index contributed by atoms with van der Waals surface area (Å²) in [4.78, 5) is 26.3. The summed E-state index contributed by atoms with van der Waals surface area (Å²) >= 11 is 0. The molecule has 2 aromatic rings. The van der Waals surface area contributed by atoms with E-state index in [9.17, 15) is 18.5 Å². The molecule has 12 heteroatoms. The van der Waals surface area contributed by atoms with Gasteiger partial charge in [0.2, 0.25) is 0 Å². The van der Waals surface area contributed by atoms with Crippen LogP contribution in [0.5, 0.6) is 11.5 Å². The fourth-order valence-corrected chi connectivity index (χ4v) is 5.04. The molecule has 2 heterocycles. The quantitative estimate of drug-likeness (QED) is 0.396. The van der Waals surface area contributed by atoms with Crippen LogP contribution in [0.15, 0.2) is 41.2 Å². The normalized spacial score (nSPS) is 45.4. The first-order valence-corrected chi connectivity index (χ1v) is 12.8.